The van der Waals surface area contributed by atoms with E-state index in [4.69, 9.17) is 11.6 Å². The van der Waals surface area contributed by atoms with Crippen LogP contribution in [0.25, 0.3) is 0 Å². The average Bonchev–Trinajstić information content (AvgIpc) is 2.32. The van der Waals surface area contributed by atoms with E-state index in [-0.39, 0.29) is 16.5 Å². The third-order valence-electron chi connectivity index (χ3n) is 3.42. The number of non-ortho nitro benzene ring substituents is 1. The summed E-state index contributed by atoms with van der Waals surface area (Å²) in [4.78, 5) is 10.2. The van der Waals surface area contributed by atoms with Crippen molar-refractivity contribution in [1.82, 2.24) is 0 Å². The maximum atomic E-state index is 10.6. The highest BCUT2D eigenvalue weighted by atomic mass is 35.5. The number of nitrogens with zero attached hydrogens (tertiary/aromatic N) is 1. The second-order valence-electron chi connectivity index (χ2n) is 4.42. The summed E-state index contributed by atoms with van der Waals surface area (Å²) in [5.41, 5.74) is 3.64. The van der Waals surface area contributed by atoms with E-state index in [9.17, 15) is 10.1 Å². The molecule has 1 aliphatic carbocycles. The highest BCUT2D eigenvalue weighted by molar-refractivity contribution is 6.31. The van der Waals surface area contributed by atoms with E-state index in [2.05, 4.69) is 6.07 Å². The van der Waals surface area contributed by atoms with Crippen molar-refractivity contribution in [1.29, 1.82) is 0 Å². The summed E-state index contributed by atoms with van der Waals surface area (Å²) in [5.74, 6) is 0.273. The molecule has 0 N–H and O–H groups in total. The molecule has 0 aromatic heterocycles. The Hall–Kier alpha value is -1.87. The largest absolute Gasteiger partial charge is 0.269 e. The minimum Gasteiger partial charge on any atom is -0.258 e. The number of nitro groups is 1. The number of benzene rings is 2. The Kier molecular flexibility index (Phi) is 2.56. The van der Waals surface area contributed by atoms with Gasteiger partial charge < -0.3 is 0 Å². The zero-order chi connectivity index (χ0) is 12.7. The van der Waals surface area contributed by atoms with E-state index in [1.807, 2.05) is 24.3 Å². The van der Waals surface area contributed by atoms with Crippen molar-refractivity contribution in [3.8, 4) is 0 Å². The van der Waals surface area contributed by atoms with E-state index < -0.39 is 0 Å². The van der Waals surface area contributed by atoms with E-state index in [1.165, 1.54) is 5.56 Å². The first-order chi connectivity index (χ1) is 8.66. The summed E-state index contributed by atoms with van der Waals surface area (Å²) in [6, 6.07) is 12.6. The van der Waals surface area contributed by atoms with Crippen LogP contribution in [-0.2, 0) is 6.42 Å². The molecule has 18 heavy (non-hydrogen) atoms. The first kappa shape index (κ1) is 11.2. The number of rotatable bonds is 2. The normalized spacial score (nSPS) is 16.8. The van der Waals surface area contributed by atoms with Gasteiger partial charge in [0, 0.05) is 23.1 Å². The molecule has 3 nitrogen and oxygen atoms in total. The van der Waals surface area contributed by atoms with Crippen molar-refractivity contribution in [2.45, 2.75) is 12.3 Å². The van der Waals surface area contributed by atoms with Gasteiger partial charge in [0.2, 0.25) is 0 Å². The van der Waals surface area contributed by atoms with Gasteiger partial charge in [-0.15, -0.1) is 0 Å². The lowest BCUT2D eigenvalue weighted by molar-refractivity contribution is -0.384. The molecule has 0 aliphatic heterocycles. The van der Waals surface area contributed by atoms with Crippen LogP contribution in [-0.4, -0.2) is 4.92 Å². The summed E-state index contributed by atoms with van der Waals surface area (Å²) >= 11 is 6.18. The van der Waals surface area contributed by atoms with Crippen LogP contribution in [0.15, 0.2) is 42.5 Å². The van der Waals surface area contributed by atoms with Gasteiger partial charge >= 0.3 is 0 Å². The van der Waals surface area contributed by atoms with Gasteiger partial charge in [-0.05, 0) is 29.2 Å². The Morgan fingerprint density at radius 1 is 1.17 bits per heavy atom. The SMILES string of the molecule is O=[N+]([O-])c1ccc(C2Cc3cccc(Cl)c32)cc1. The second kappa shape index (κ2) is 4.10. The Balaban J connectivity index is 1.94. The Morgan fingerprint density at radius 2 is 1.89 bits per heavy atom. The van der Waals surface area contributed by atoms with Crippen LogP contribution in [0.2, 0.25) is 5.02 Å². The predicted molar refractivity (Wildman–Crippen MR) is 70.1 cm³/mol. The molecule has 0 fully saturated rings. The van der Waals surface area contributed by atoms with E-state index in [0.29, 0.717) is 0 Å². The summed E-state index contributed by atoms with van der Waals surface area (Å²) < 4.78 is 0. The minimum atomic E-state index is -0.383. The molecular weight excluding hydrogens is 250 g/mol. The van der Waals surface area contributed by atoms with E-state index >= 15 is 0 Å². The van der Waals surface area contributed by atoms with Crippen molar-refractivity contribution in [3.63, 3.8) is 0 Å². The van der Waals surface area contributed by atoms with Crippen LogP contribution in [0, 0.1) is 10.1 Å². The fourth-order valence-corrected chi connectivity index (χ4v) is 2.78. The van der Waals surface area contributed by atoms with Gasteiger partial charge in [0.1, 0.15) is 0 Å². The first-order valence-electron chi connectivity index (χ1n) is 5.68. The lowest BCUT2D eigenvalue weighted by atomic mass is 9.74. The van der Waals surface area contributed by atoms with E-state index in [1.54, 1.807) is 12.1 Å². The van der Waals surface area contributed by atoms with Gasteiger partial charge in [0.05, 0.1) is 4.92 Å². The Bertz CT molecular complexity index is 608. The van der Waals surface area contributed by atoms with Gasteiger partial charge in [0.25, 0.3) is 5.69 Å². The third kappa shape index (κ3) is 1.68. The predicted octanol–water partition coefficient (Wildman–Crippen LogP) is 3.94. The first-order valence-corrected chi connectivity index (χ1v) is 6.06. The highest BCUT2D eigenvalue weighted by Crippen LogP contribution is 2.44. The Morgan fingerprint density at radius 3 is 2.50 bits per heavy atom. The summed E-state index contributed by atoms with van der Waals surface area (Å²) in [6.45, 7) is 0. The quantitative estimate of drug-likeness (QED) is 0.606. The lowest BCUT2D eigenvalue weighted by Gasteiger charge is -2.31. The molecule has 0 amide bonds. The van der Waals surface area contributed by atoms with Gasteiger partial charge in [-0.2, -0.15) is 0 Å². The van der Waals surface area contributed by atoms with Gasteiger partial charge in [-0.3, -0.25) is 10.1 Å². The summed E-state index contributed by atoms with van der Waals surface area (Å²) in [7, 11) is 0. The zero-order valence-electron chi connectivity index (χ0n) is 9.47. The third-order valence-corrected chi connectivity index (χ3v) is 3.75. The molecule has 1 aliphatic rings. The lowest BCUT2D eigenvalue weighted by Crippen LogP contribution is -2.18. The fourth-order valence-electron chi connectivity index (χ4n) is 2.45. The molecule has 2 aromatic carbocycles. The zero-order valence-corrected chi connectivity index (χ0v) is 10.2. The van der Waals surface area contributed by atoms with Crippen LogP contribution in [0.3, 0.4) is 0 Å². The van der Waals surface area contributed by atoms with Crippen LogP contribution in [0.1, 0.15) is 22.6 Å². The number of hydrogen-bond donors (Lipinski definition) is 0. The smallest absolute Gasteiger partial charge is 0.258 e. The van der Waals surface area contributed by atoms with E-state index in [0.717, 1.165) is 22.6 Å². The Labute approximate surface area is 109 Å². The molecule has 2 aromatic rings. The molecule has 0 spiro atoms. The van der Waals surface area contributed by atoms with Crippen LogP contribution >= 0.6 is 11.6 Å². The van der Waals surface area contributed by atoms with Gasteiger partial charge in [0.15, 0.2) is 0 Å². The standard InChI is InChI=1S/C14H10ClNO2/c15-13-3-1-2-10-8-12(14(10)13)9-4-6-11(7-5-9)16(17)18/h1-7,12H,8H2. The number of hydrogen-bond acceptors (Lipinski definition) is 2. The molecule has 1 atom stereocenters. The molecule has 4 heteroatoms. The molecule has 0 saturated heterocycles. The molecule has 1 unspecified atom stereocenters. The van der Waals surface area contributed by atoms with Crippen molar-refractivity contribution in [3.05, 3.63) is 74.3 Å². The summed E-state index contributed by atoms with van der Waals surface area (Å²) in [5, 5.41) is 11.4. The number of fused-ring (bicyclic) bond motifs is 1. The maximum Gasteiger partial charge on any atom is 0.269 e. The molecule has 3 rings (SSSR count). The van der Waals surface area contributed by atoms with Crippen molar-refractivity contribution in [2.24, 2.45) is 0 Å². The average molecular weight is 260 g/mol. The second-order valence-corrected chi connectivity index (χ2v) is 4.83. The molecule has 0 bridgehead atoms. The topological polar surface area (TPSA) is 43.1 Å². The van der Waals surface area contributed by atoms with Crippen LogP contribution in [0.5, 0.6) is 0 Å². The fraction of sp³-hybridized carbons (Fsp3) is 0.143. The number of nitro benzene ring substituents is 1. The van der Waals surface area contributed by atoms with Crippen molar-refractivity contribution >= 4 is 17.3 Å². The van der Waals surface area contributed by atoms with Gasteiger partial charge in [-0.1, -0.05) is 35.9 Å². The molecule has 0 radical (unpaired) electrons. The molecule has 90 valence electrons. The number of halogens is 1. The monoisotopic (exact) mass is 259 g/mol. The maximum absolute atomic E-state index is 10.6. The molecular formula is C14H10ClNO2. The highest BCUT2D eigenvalue weighted by Gasteiger charge is 2.29. The van der Waals surface area contributed by atoms with Crippen LogP contribution < -0.4 is 0 Å². The van der Waals surface area contributed by atoms with Crippen LogP contribution in [0.4, 0.5) is 5.69 Å². The summed E-state index contributed by atoms with van der Waals surface area (Å²) in [6.07, 6.45) is 0.952. The van der Waals surface area contributed by atoms with Crippen molar-refractivity contribution < 1.29 is 4.92 Å². The minimum absolute atomic E-state index is 0.123. The van der Waals surface area contributed by atoms with Gasteiger partial charge in [-0.25, -0.2) is 0 Å². The van der Waals surface area contributed by atoms with Crippen molar-refractivity contribution in [2.75, 3.05) is 0 Å². The molecule has 0 saturated carbocycles. The molecule has 0 heterocycles.